The molecule has 3 N–H and O–H groups in total. The van der Waals surface area contributed by atoms with E-state index in [0.717, 1.165) is 7.11 Å². The molecule has 100 valence electrons. The number of rotatable bonds is 3. The Hall–Kier alpha value is -1.47. The van der Waals surface area contributed by atoms with E-state index in [2.05, 4.69) is 0 Å². The second kappa shape index (κ2) is 5.03. The lowest BCUT2D eigenvalue weighted by Crippen LogP contribution is -2.22. The molecule has 0 heterocycles. The van der Waals surface area contributed by atoms with Crippen LogP contribution in [-0.4, -0.2) is 18.2 Å². The number of carboxylic acid groups (broad SMARTS) is 1. The van der Waals surface area contributed by atoms with Gasteiger partial charge in [0, 0.05) is 5.56 Å². The van der Waals surface area contributed by atoms with Crippen LogP contribution in [0.25, 0.3) is 0 Å². The molecule has 0 aliphatic carbocycles. The van der Waals surface area contributed by atoms with Crippen molar-refractivity contribution in [3.63, 3.8) is 0 Å². The van der Waals surface area contributed by atoms with Crippen molar-refractivity contribution in [3.8, 4) is 5.75 Å². The molecular weight excluding hydrogens is 275 g/mol. The molecule has 0 saturated carbocycles. The number of ether oxygens (including phenoxy) is 1. The van der Waals surface area contributed by atoms with Crippen LogP contribution in [-0.2, 0) is 11.0 Å². The summed E-state index contributed by atoms with van der Waals surface area (Å²) >= 11 is 5.62. The normalized spacial score (nSPS) is 13.2. The molecule has 1 atom stereocenters. The molecule has 1 aromatic rings. The topological polar surface area (TPSA) is 72.5 Å². The van der Waals surface area contributed by atoms with Crippen molar-refractivity contribution in [1.29, 1.82) is 0 Å². The Morgan fingerprint density at radius 3 is 2.44 bits per heavy atom. The first-order valence-corrected chi connectivity index (χ1v) is 4.99. The van der Waals surface area contributed by atoms with Gasteiger partial charge in [-0.05, 0) is 12.1 Å². The number of alkyl halides is 3. The highest BCUT2D eigenvalue weighted by Crippen LogP contribution is 2.39. The van der Waals surface area contributed by atoms with E-state index in [9.17, 15) is 18.0 Å². The number of hydrogen-bond donors (Lipinski definition) is 2. The molecule has 8 heteroatoms. The number of aliphatic carboxylic acids is 1. The number of nitrogens with two attached hydrogens (primary N) is 1. The van der Waals surface area contributed by atoms with E-state index in [0.29, 0.717) is 12.1 Å². The van der Waals surface area contributed by atoms with Gasteiger partial charge < -0.3 is 15.6 Å². The molecule has 0 aliphatic rings. The van der Waals surface area contributed by atoms with E-state index in [1.54, 1.807) is 0 Å². The third kappa shape index (κ3) is 2.85. The molecular formula is C10H9ClF3NO3. The maximum Gasteiger partial charge on any atom is 0.416 e. The van der Waals surface area contributed by atoms with Crippen LogP contribution in [0.3, 0.4) is 0 Å². The highest BCUT2D eigenvalue weighted by Gasteiger charge is 2.34. The molecule has 0 amide bonds. The SMILES string of the molecule is COc1c(Cl)cc(C(F)(F)F)cc1C(N)C(=O)O. The fraction of sp³-hybridized carbons (Fsp3) is 0.300. The van der Waals surface area contributed by atoms with Crippen LogP contribution in [0.4, 0.5) is 13.2 Å². The van der Waals surface area contributed by atoms with Crippen molar-refractivity contribution >= 4 is 17.6 Å². The predicted molar refractivity (Wildman–Crippen MR) is 57.6 cm³/mol. The molecule has 0 aliphatic heterocycles. The largest absolute Gasteiger partial charge is 0.495 e. The number of carbonyl (C=O) groups is 1. The second-order valence-electron chi connectivity index (χ2n) is 3.39. The summed E-state index contributed by atoms with van der Waals surface area (Å²) in [6, 6.07) is -0.387. The van der Waals surface area contributed by atoms with Gasteiger partial charge in [-0.25, -0.2) is 0 Å². The Morgan fingerprint density at radius 2 is 2.06 bits per heavy atom. The molecule has 0 saturated heterocycles. The van der Waals surface area contributed by atoms with Gasteiger partial charge in [-0.3, -0.25) is 4.79 Å². The minimum atomic E-state index is -4.65. The van der Waals surface area contributed by atoms with Crippen LogP contribution in [0.1, 0.15) is 17.2 Å². The summed E-state index contributed by atoms with van der Waals surface area (Å²) in [4.78, 5) is 10.7. The van der Waals surface area contributed by atoms with Crippen molar-refractivity contribution in [2.75, 3.05) is 7.11 Å². The Bertz CT molecular complexity index is 476. The van der Waals surface area contributed by atoms with Gasteiger partial charge in [0.25, 0.3) is 0 Å². The number of benzene rings is 1. The average molecular weight is 284 g/mol. The molecule has 0 fully saturated rings. The summed E-state index contributed by atoms with van der Waals surface area (Å²) in [6.07, 6.45) is -4.65. The minimum absolute atomic E-state index is 0.181. The van der Waals surface area contributed by atoms with E-state index >= 15 is 0 Å². The van der Waals surface area contributed by atoms with Crippen molar-refractivity contribution in [1.82, 2.24) is 0 Å². The van der Waals surface area contributed by atoms with Gasteiger partial charge >= 0.3 is 12.1 Å². The van der Waals surface area contributed by atoms with Gasteiger partial charge in [-0.1, -0.05) is 11.6 Å². The lowest BCUT2D eigenvalue weighted by Gasteiger charge is -2.16. The standard InChI is InChI=1S/C10H9ClF3NO3/c1-18-8-5(7(15)9(16)17)2-4(3-6(8)11)10(12,13)14/h2-3,7H,15H2,1H3,(H,16,17). The maximum absolute atomic E-state index is 12.6. The Morgan fingerprint density at radius 1 is 1.50 bits per heavy atom. The quantitative estimate of drug-likeness (QED) is 0.894. The van der Waals surface area contributed by atoms with Crippen molar-refractivity contribution in [2.24, 2.45) is 5.73 Å². The van der Waals surface area contributed by atoms with Crippen molar-refractivity contribution < 1.29 is 27.8 Å². The summed E-state index contributed by atoms with van der Waals surface area (Å²) in [5.41, 5.74) is 3.88. The molecule has 0 aromatic heterocycles. The fourth-order valence-corrected chi connectivity index (χ4v) is 1.66. The van der Waals surface area contributed by atoms with Crippen molar-refractivity contribution in [3.05, 3.63) is 28.3 Å². The fourth-order valence-electron chi connectivity index (χ4n) is 1.36. The monoisotopic (exact) mass is 283 g/mol. The zero-order valence-electron chi connectivity index (χ0n) is 9.08. The van der Waals surface area contributed by atoms with E-state index in [1.807, 2.05) is 0 Å². The summed E-state index contributed by atoms with van der Waals surface area (Å²) in [6.45, 7) is 0. The van der Waals surface area contributed by atoms with Gasteiger partial charge in [0.1, 0.15) is 11.8 Å². The van der Waals surface area contributed by atoms with Crippen LogP contribution >= 0.6 is 11.6 Å². The molecule has 1 rings (SSSR count). The highest BCUT2D eigenvalue weighted by molar-refractivity contribution is 6.32. The predicted octanol–water partition coefficient (Wildman–Crippen LogP) is 2.45. The van der Waals surface area contributed by atoms with E-state index in [4.69, 9.17) is 27.2 Å². The lowest BCUT2D eigenvalue weighted by molar-refractivity contribution is -0.140. The molecule has 18 heavy (non-hydrogen) atoms. The van der Waals surface area contributed by atoms with E-state index in [1.165, 1.54) is 0 Å². The van der Waals surface area contributed by atoms with Crippen LogP contribution in [0.5, 0.6) is 5.75 Å². The van der Waals surface area contributed by atoms with Crippen LogP contribution in [0.2, 0.25) is 5.02 Å². The van der Waals surface area contributed by atoms with Gasteiger partial charge in [0.2, 0.25) is 0 Å². The van der Waals surface area contributed by atoms with Crippen LogP contribution in [0, 0.1) is 0 Å². The number of carboxylic acids is 1. The zero-order valence-corrected chi connectivity index (χ0v) is 9.84. The third-order valence-electron chi connectivity index (χ3n) is 2.20. The van der Waals surface area contributed by atoms with Gasteiger partial charge in [0.15, 0.2) is 0 Å². The van der Waals surface area contributed by atoms with Gasteiger partial charge in [-0.2, -0.15) is 13.2 Å². The first-order chi connectivity index (χ1) is 8.18. The van der Waals surface area contributed by atoms with Gasteiger partial charge in [0.05, 0.1) is 17.7 Å². The average Bonchev–Trinajstić information content (AvgIpc) is 2.25. The van der Waals surface area contributed by atoms with E-state index in [-0.39, 0.29) is 16.3 Å². The second-order valence-corrected chi connectivity index (χ2v) is 3.80. The summed E-state index contributed by atoms with van der Waals surface area (Å²) in [5.74, 6) is -1.66. The summed E-state index contributed by atoms with van der Waals surface area (Å²) in [7, 11) is 1.16. The van der Waals surface area contributed by atoms with Crippen LogP contribution < -0.4 is 10.5 Å². The maximum atomic E-state index is 12.6. The number of hydrogen-bond acceptors (Lipinski definition) is 3. The Labute approximate surface area is 105 Å². The van der Waals surface area contributed by atoms with Gasteiger partial charge in [-0.15, -0.1) is 0 Å². The first-order valence-electron chi connectivity index (χ1n) is 4.61. The molecule has 4 nitrogen and oxygen atoms in total. The third-order valence-corrected chi connectivity index (χ3v) is 2.49. The molecule has 0 radical (unpaired) electrons. The molecule has 0 spiro atoms. The van der Waals surface area contributed by atoms with Crippen molar-refractivity contribution in [2.45, 2.75) is 12.2 Å². The molecule has 1 aromatic carbocycles. The summed E-state index contributed by atoms with van der Waals surface area (Å²) < 4.78 is 42.5. The highest BCUT2D eigenvalue weighted by atomic mass is 35.5. The minimum Gasteiger partial charge on any atom is -0.495 e. The summed E-state index contributed by atoms with van der Waals surface area (Å²) in [5, 5.41) is 8.39. The number of halogens is 4. The lowest BCUT2D eigenvalue weighted by atomic mass is 10.0. The Balaban J connectivity index is 3.46. The molecule has 0 bridgehead atoms. The smallest absolute Gasteiger partial charge is 0.416 e. The van der Waals surface area contributed by atoms with Crippen LogP contribution in [0.15, 0.2) is 12.1 Å². The molecule has 1 unspecified atom stereocenters. The zero-order chi connectivity index (χ0) is 14.1. The number of methoxy groups -OCH3 is 1. The van der Waals surface area contributed by atoms with E-state index < -0.39 is 23.8 Å². The Kier molecular flexibility index (Phi) is 4.08. The first kappa shape index (κ1) is 14.6.